The third-order valence-electron chi connectivity index (χ3n) is 3.21. The normalized spacial score (nSPS) is 9.74. The van der Waals surface area contributed by atoms with Crippen molar-refractivity contribution in [1.29, 1.82) is 0 Å². The van der Waals surface area contributed by atoms with Gasteiger partial charge in [-0.25, -0.2) is 0 Å². The smallest absolute Gasteiger partial charge is 0.871 e. The topological polar surface area (TPSA) is 69.1 Å². The molecule has 2 aromatic carbocycles. The first kappa shape index (κ1) is 16.7. The van der Waals surface area contributed by atoms with Crippen LogP contribution >= 0.6 is 0 Å². The summed E-state index contributed by atoms with van der Waals surface area (Å²) in [6.45, 7) is 0. The first-order chi connectivity index (χ1) is 10.8. The zero-order valence-electron chi connectivity index (χ0n) is 12.0. The average Bonchev–Trinajstić information content (AvgIpc) is 2.57. The zero-order chi connectivity index (χ0) is 15.4. The minimum Gasteiger partial charge on any atom is -0.871 e. The van der Waals surface area contributed by atoms with Gasteiger partial charge in [0.15, 0.2) is 0 Å². The van der Waals surface area contributed by atoms with E-state index in [1.165, 1.54) is 6.07 Å². The minimum atomic E-state index is -0.0110. The Kier molecular flexibility index (Phi) is 5.52. The van der Waals surface area contributed by atoms with Crippen LogP contribution in [0.1, 0.15) is 0 Å². The molecule has 0 unspecified atom stereocenters. The van der Waals surface area contributed by atoms with Crippen molar-refractivity contribution in [2.24, 2.45) is 0 Å². The molecule has 0 fully saturated rings. The predicted molar refractivity (Wildman–Crippen MR) is 84.6 cm³/mol. The number of hydrogen-bond acceptors (Lipinski definition) is 4. The first-order valence-electron chi connectivity index (χ1n) is 6.79. The van der Waals surface area contributed by atoms with E-state index >= 15 is 0 Å². The Balaban J connectivity index is 0.000000160. The third kappa shape index (κ3) is 3.77. The number of aromatic hydroxyl groups is 1. The standard InChI is InChI=1S/2C9H7NO.Cu/c2*11-8-5-1-3-7-4-2-6-10-9(7)8;/h2*1-6,11H;/q;;+1/p-1. The predicted octanol–water partition coefficient (Wildman–Crippen LogP) is 3.25. The van der Waals surface area contributed by atoms with Crippen LogP contribution in [0.5, 0.6) is 11.5 Å². The van der Waals surface area contributed by atoms with E-state index in [1.807, 2.05) is 36.4 Å². The van der Waals surface area contributed by atoms with E-state index in [1.54, 1.807) is 30.6 Å². The fourth-order valence-corrected chi connectivity index (χ4v) is 2.16. The molecule has 23 heavy (non-hydrogen) atoms. The van der Waals surface area contributed by atoms with E-state index in [4.69, 9.17) is 0 Å². The second kappa shape index (κ2) is 7.58. The zero-order valence-corrected chi connectivity index (χ0v) is 12.9. The van der Waals surface area contributed by atoms with E-state index < -0.39 is 0 Å². The first-order valence-corrected chi connectivity index (χ1v) is 6.79. The number of fused-ring (bicyclic) bond motifs is 2. The summed E-state index contributed by atoms with van der Waals surface area (Å²) < 4.78 is 0. The molecule has 1 N–H and O–H groups in total. The average molecular weight is 353 g/mol. The minimum absolute atomic E-state index is 0. The second-order valence-corrected chi connectivity index (χ2v) is 4.68. The van der Waals surface area contributed by atoms with Crippen LogP contribution in [-0.2, 0) is 17.1 Å². The van der Waals surface area contributed by atoms with E-state index in [2.05, 4.69) is 9.97 Å². The van der Waals surface area contributed by atoms with Gasteiger partial charge in [0.05, 0.1) is 5.52 Å². The number of phenolic OH excluding ortho intramolecular Hbond substituents is 1. The Bertz CT molecular complexity index is 841. The molecule has 118 valence electrons. The van der Waals surface area contributed by atoms with Gasteiger partial charge in [-0.1, -0.05) is 48.2 Å². The van der Waals surface area contributed by atoms with Gasteiger partial charge in [-0.2, -0.15) is 0 Å². The molecule has 4 rings (SSSR count). The number of hydrogen-bond donors (Lipinski definition) is 1. The molecule has 2 aromatic heterocycles. The maximum atomic E-state index is 11.1. The fourth-order valence-electron chi connectivity index (χ4n) is 2.16. The summed E-state index contributed by atoms with van der Waals surface area (Å²) in [7, 11) is 0. The molecule has 5 heteroatoms. The number of nitrogens with zero attached hydrogens (tertiary/aromatic N) is 2. The van der Waals surface area contributed by atoms with Gasteiger partial charge < -0.3 is 10.2 Å². The SMILES string of the molecule is Oc1cccc2cccnc12.[Cu+].[O-]c1cccc2cccnc12. The molecule has 2 heterocycles. The molecule has 0 saturated heterocycles. The maximum absolute atomic E-state index is 11.1. The van der Waals surface area contributed by atoms with Crippen molar-refractivity contribution in [3.05, 3.63) is 73.1 Å². The molecule has 4 nitrogen and oxygen atoms in total. The molecular formula is C18H13CuN2O2. The molecule has 0 bridgehead atoms. The van der Waals surface area contributed by atoms with E-state index in [0.717, 1.165) is 10.8 Å². The Morgan fingerprint density at radius 2 is 1.22 bits per heavy atom. The number of benzene rings is 2. The third-order valence-corrected chi connectivity index (χ3v) is 3.21. The van der Waals surface area contributed by atoms with Crippen LogP contribution in [0, 0.1) is 0 Å². The number of pyridine rings is 2. The number of phenols is 1. The van der Waals surface area contributed by atoms with Gasteiger partial charge in [-0.05, 0) is 23.6 Å². The summed E-state index contributed by atoms with van der Waals surface area (Å²) in [6, 6.07) is 18.0. The number of aromatic nitrogens is 2. The number of rotatable bonds is 0. The molecule has 0 saturated carbocycles. The molecule has 0 radical (unpaired) electrons. The molecule has 0 atom stereocenters. The summed E-state index contributed by atoms with van der Waals surface area (Å²) in [5, 5.41) is 22.3. The van der Waals surface area contributed by atoms with Crippen molar-refractivity contribution < 1.29 is 27.3 Å². The van der Waals surface area contributed by atoms with Gasteiger partial charge in [0.2, 0.25) is 0 Å². The Labute approximate surface area is 143 Å². The van der Waals surface area contributed by atoms with Crippen molar-refractivity contribution >= 4 is 21.8 Å². The maximum Gasteiger partial charge on any atom is 1.00 e. The van der Waals surface area contributed by atoms with Crippen molar-refractivity contribution in [3.63, 3.8) is 0 Å². The Morgan fingerprint density at radius 1 is 0.696 bits per heavy atom. The van der Waals surface area contributed by atoms with Crippen LogP contribution in [0.3, 0.4) is 0 Å². The summed E-state index contributed by atoms with van der Waals surface area (Å²) in [5.74, 6) is 0.228. The van der Waals surface area contributed by atoms with Gasteiger partial charge in [0.1, 0.15) is 11.3 Å². The summed E-state index contributed by atoms with van der Waals surface area (Å²) in [6.07, 6.45) is 3.30. The molecule has 0 amide bonds. The van der Waals surface area contributed by atoms with Crippen LogP contribution in [-0.4, -0.2) is 15.1 Å². The van der Waals surface area contributed by atoms with Gasteiger partial charge in [-0.15, -0.1) is 0 Å². The fraction of sp³-hybridized carbons (Fsp3) is 0. The molecule has 4 aromatic rings. The van der Waals surface area contributed by atoms with Crippen LogP contribution in [0.4, 0.5) is 0 Å². The van der Waals surface area contributed by atoms with Crippen LogP contribution in [0.25, 0.3) is 21.8 Å². The number of para-hydroxylation sites is 2. The van der Waals surface area contributed by atoms with E-state index in [-0.39, 0.29) is 28.6 Å². The summed E-state index contributed by atoms with van der Waals surface area (Å²) in [4.78, 5) is 8.00. The second-order valence-electron chi connectivity index (χ2n) is 4.68. The van der Waals surface area contributed by atoms with Gasteiger partial charge in [0, 0.05) is 17.8 Å². The van der Waals surface area contributed by atoms with Crippen LogP contribution in [0.2, 0.25) is 0 Å². The van der Waals surface area contributed by atoms with Gasteiger partial charge >= 0.3 is 17.1 Å². The van der Waals surface area contributed by atoms with E-state index in [0.29, 0.717) is 11.0 Å². The monoisotopic (exact) mass is 352 g/mol. The van der Waals surface area contributed by atoms with Crippen molar-refractivity contribution in [2.75, 3.05) is 0 Å². The quantitative estimate of drug-likeness (QED) is 0.493. The largest absolute Gasteiger partial charge is 1.00 e. The van der Waals surface area contributed by atoms with Crippen LogP contribution in [0.15, 0.2) is 73.1 Å². The van der Waals surface area contributed by atoms with Crippen LogP contribution < -0.4 is 5.11 Å². The summed E-state index contributed by atoms with van der Waals surface area (Å²) in [5.41, 5.74) is 1.21. The van der Waals surface area contributed by atoms with Gasteiger partial charge in [0.25, 0.3) is 0 Å². The molecule has 0 spiro atoms. The Morgan fingerprint density at radius 3 is 1.83 bits per heavy atom. The molecule has 0 aliphatic carbocycles. The van der Waals surface area contributed by atoms with E-state index in [9.17, 15) is 10.2 Å². The van der Waals surface area contributed by atoms with Crippen molar-refractivity contribution in [1.82, 2.24) is 9.97 Å². The van der Waals surface area contributed by atoms with Crippen molar-refractivity contribution in [2.45, 2.75) is 0 Å². The summed E-state index contributed by atoms with van der Waals surface area (Å²) >= 11 is 0. The molecule has 0 aliphatic heterocycles. The van der Waals surface area contributed by atoms with Crippen molar-refractivity contribution in [3.8, 4) is 11.5 Å². The molecular weight excluding hydrogens is 340 g/mol. The molecule has 0 aliphatic rings. The Hall–Kier alpha value is -2.62. The van der Waals surface area contributed by atoms with Gasteiger partial charge in [-0.3, -0.25) is 9.97 Å².